The van der Waals surface area contributed by atoms with Crippen molar-refractivity contribution in [3.05, 3.63) is 59.2 Å². The molecular formula is C19H20ClN5O2. The number of nitrogens with one attached hydrogen (secondary N) is 1. The molecule has 0 spiro atoms. The second kappa shape index (κ2) is 8.55. The van der Waals surface area contributed by atoms with Crippen molar-refractivity contribution in [3.8, 4) is 11.5 Å². The van der Waals surface area contributed by atoms with Gasteiger partial charge < -0.3 is 19.7 Å². The SMILES string of the molecule is COc1cc(Nc2nncc(N(C)Cc3ccccc3)n2)c(OC)cc1Cl. The third kappa shape index (κ3) is 4.57. The highest BCUT2D eigenvalue weighted by Crippen LogP contribution is 2.36. The predicted octanol–water partition coefficient (Wildman–Crippen LogP) is 3.92. The number of halogens is 1. The third-order valence-corrected chi connectivity index (χ3v) is 4.22. The Morgan fingerprint density at radius 1 is 1.07 bits per heavy atom. The molecule has 0 fully saturated rings. The Labute approximate surface area is 162 Å². The summed E-state index contributed by atoms with van der Waals surface area (Å²) in [4.78, 5) is 6.52. The van der Waals surface area contributed by atoms with Gasteiger partial charge in [-0.15, -0.1) is 5.10 Å². The van der Waals surface area contributed by atoms with Crippen LogP contribution in [0.3, 0.4) is 0 Å². The first-order valence-corrected chi connectivity index (χ1v) is 8.62. The second-order valence-electron chi connectivity index (χ2n) is 5.79. The van der Waals surface area contributed by atoms with Gasteiger partial charge >= 0.3 is 0 Å². The second-order valence-corrected chi connectivity index (χ2v) is 6.20. The molecule has 0 saturated carbocycles. The van der Waals surface area contributed by atoms with Crippen molar-refractivity contribution in [3.63, 3.8) is 0 Å². The average molecular weight is 386 g/mol. The summed E-state index contributed by atoms with van der Waals surface area (Å²) in [6.07, 6.45) is 1.62. The number of aromatic nitrogens is 3. The first kappa shape index (κ1) is 18.7. The average Bonchev–Trinajstić information content (AvgIpc) is 2.70. The van der Waals surface area contributed by atoms with Gasteiger partial charge in [-0.25, -0.2) is 0 Å². The van der Waals surface area contributed by atoms with Crippen molar-refractivity contribution < 1.29 is 9.47 Å². The van der Waals surface area contributed by atoms with Crippen LogP contribution >= 0.6 is 11.6 Å². The molecule has 0 aliphatic heterocycles. The molecule has 0 radical (unpaired) electrons. The molecule has 0 aliphatic rings. The van der Waals surface area contributed by atoms with Crippen LogP contribution in [-0.2, 0) is 6.54 Å². The summed E-state index contributed by atoms with van der Waals surface area (Å²) in [7, 11) is 5.06. The zero-order chi connectivity index (χ0) is 19.2. The predicted molar refractivity (Wildman–Crippen MR) is 106 cm³/mol. The van der Waals surface area contributed by atoms with Crippen LogP contribution in [0.5, 0.6) is 11.5 Å². The van der Waals surface area contributed by atoms with Gasteiger partial charge in [0.25, 0.3) is 0 Å². The van der Waals surface area contributed by atoms with E-state index < -0.39 is 0 Å². The summed E-state index contributed by atoms with van der Waals surface area (Å²) in [5, 5.41) is 11.7. The van der Waals surface area contributed by atoms with Crippen molar-refractivity contribution in [2.24, 2.45) is 0 Å². The van der Waals surface area contributed by atoms with Crippen LogP contribution in [-0.4, -0.2) is 36.4 Å². The number of ether oxygens (including phenoxy) is 2. The maximum Gasteiger partial charge on any atom is 0.249 e. The molecule has 0 saturated heterocycles. The lowest BCUT2D eigenvalue weighted by molar-refractivity contribution is 0.405. The summed E-state index contributed by atoms with van der Waals surface area (Å²) in [6, 6.07) is 13.5. The molecule has 8 heteroatoms. The molecular weight excluding hydrogens is 366 g/mol. The molecule has 0 aliphatic carbocycles. The minimum absolute atomic E-state index is 0.343. The zero-order valence-corrected chi connectivity index (χ0v) is 16.1. The van der Waals surface area contributed by atoms with Crippen molar-refractivity contribution in [2.45, 2.75) is 6.54 Å². The Morgan fingerprint density at radius 2 is 1.81 bits per heavy atom. The number of benzene rings is 2. The van der Waals surface area contributed by atoms with E-state index in [1.807, 2.05) is 30.1 Å². The van der Waals surface area contributed by atoms with Crippen LogP contribution < -0.4 is 19.7 Å². The highest BCUT2D eigenvalue weighted by Gasteiger charge is 2.13. The van der Waals surface area contributed by atoms with E-state index in [2.05, 4.69) is 32.6 Å². The van der Waals surface area contributed by atoms with Gasteiger partial charge in [-0.1, -0.05) is 41.9 Å². The van der Waals surface area contributed by atoms with Gasteiger partial charge in [0.05, 0.1) is 31.1 Å². The van der Waals surface area contributed by atoms with E-state index in [9.17, 15) is 0 Å². The lowest BCUT2D eigenvalue weighted by Gasteiger charge is -2.18. The number of methoxy groups -OCH3 is 2. The van der Waals surface area contributed by atoms with Crippen LogP contribution in [0.4, 0.5) is 17.5 Å². The monoisotopic (exact) mass is 385 g/mol. The van der Waals surface area contributed by atoms with Crippen molar-refractivity contribution in [1.29, 1.82) is 0 Å². The van der Waals surface area contributed by atoms with Crippen LogP contribution in [0.1, 0.15) is 5.56 Å². The molecule has 0 bridgehead atoms. The normalized spacial score (nSPS) is 10.4. The minimum Gasteiger partial charge on any atom is -0.495 e. The van der Waals surface area contributed by atoms with E-state index in [-0.39, 0.29) is 0 Å². The molecule has 7 nitrogen and oxygen atoms in total. The minimum atomic E-state index is 0.343. The Morgan fingerprint density at radius 3 is 2.52 bits per heavy atom. The molecule has 1 heterocycles. The lowest BCUT2D eigenvalue weighted by Crippen LogP contribution is -2.18. The summed E-state index contributed by atoms with van der Waals surface area (Å²) < 4.78 is 10.6. The molecule has 0 unspecified atom stereocenters. The van der Waals surface area contributed by atoms with E-state index in [1.165, 1.54) is 5.56 Å². The molecule has 1 N–H and O–H groups in total. The summed E-state index contributed by atoms with van der Waals surface area (Å²) in [5.41, 5.74) is 1.81. The Hall–Kier alpha value is -3.06. The Kier molecular flexibility index (Phi) is 5.93. The largest absolute Gasteiger partial charge is 0.495 e. The van der Waals surface area contributed by atoms with Crippen LogP contribution in [0.15, 0.2) is 48.7 Å². The van der Waals surface area contributed by atoms with Gasteiger partial charge in [-0.2, -0.15) is 10.1 Å². The first-order chi connectivity index (χ1) is 13.1. The lowest BCUT2D eigenvalue weighted by atomic mass is 10.2. The van der Waals surface area contributed by atoms with Crippen molar-refractivity contribution in [1.82, 2.24) is 15.2 Å². The fourth-order valence-corrected chi connectivity index (χ4v) is 2.78. The third-order valence-electron chi connectivity index (χ3n) is 3.92. The fourth-order valence-electron chi connectivity index (χ4n) is 2.55. The van der Waals surface area contributed by atoms with Crippen LogP contribution in [0, 0.1) is 0 Å². The van der Waals surface area contributed by atoms with E-state index in [4.69, 9.17) is 21.1 Å². The van der Waals surface area contributed by atoms with Gasteiger partial charge in [0.15, 0.2) is 5.82 Å². The van der Waals surface area contributed by atoms with Crippen LogP contribution in [0.2, 0.25) is 5.02 Å². The molecule has 3 rings (SSSR count). The number of rotatable bonds is 7. The van der Waals surface area contributed by atoms with E-state index >= 15 is 0 Å². The number of anilines is 3. The number of hydrogen-bond acceptors (Lipinski definition) is 7. The summed E-state index contributed by atoms with van der Waals surface area (Å²) >= 11 is 6.14. The van der Waals surface area contributed by atoms with Gasteiger partial charge in [0.2, 0.25) is 5.95 Å². The Bertz CT molecular complexity index is 908. The maximum absolute atomic E-state index is 6.14. The molecule has 1 aromatic heterocycles. The summed E-state index contributed by atoms with van der Waals surface area (Å²) in [6.45, 7) is 0.705. The Balaban J connectivity index is 1.82. The zero-order valence-electron chi connectivity index (χ0n) is 15.3. The topological polar surface area (TPSA) is 72.4 Å². The van der Waals surface area contributed by atoms with Crippen molar-refractivity contribution >= 4 is 29.1 Å². The summed E-state index contributed by atoms with van der Waals surface area (Å²) in [5.74, 6) is 2.10. The van der Waals surface area contributed by atoms with Gasteiger partial charge in [-0.05, 0) is 5.56 Å². The molecule has 2 aromatic carbocycles. The quantitative estimate of drug-likeness (QED) is 0.660. The van der Waals surface area contributed by atoms with Crippen molar-refractivity contribution in [2.75, 3.05) is 31.5 Å². The van der Waals surface area contributed by atoms with Crippen LogP contribution in [0.25, 0.3) is 0 Å². The highest BCUT2D eigenvalue weighted by molar-refractivity contribution is 6.32. The number of hydrogen-bond donors (Lipinski definition) is 1. The smallest absolute Gasteiger partial charge is 0.249 e. The standard InChI is InChI=1S/C19H20ClN5O2/c1-25(12-13-7-5-4-6-8-13)18-11-21-24-19(23-18)22-15-10-16(26-2)14(20)9-17(15)27-3/h4-11H,12H2,1-3H3,(H,22,23,24). The van der Waals surface area contributed by atoms with Gasteiger partial charge in [-0.3, -0.25) is 0 Å². The molecule has 140 valence electrons. The maximum atomic E-state index is 6.14. The molecule has 27 heavy (non-hydrogen) atoms. The van der Waals surface area contributed by atoms with Gasteiger partial charge in [0, 0.05) is 25.7 Å². The number of nitrogens with zero attached hydrogens (tertiary/aromatic N) is 4. The highest BCUT2D eigenvalue weighted by atomic mass is 35.5. The van der Waals surface area contributed by atoms with Gasteiger partial charge in [0.1, 0.15) is 11.5 Å². The fraction of sp³-hybridized carbons (Fsp3) is 0.211. The molecule has 0 amide bonds. The van der Waals surface area contributed by atoms with E-state index in [0.29, 0.717) is 40.5 Å². The first-order valence-electron chi connectivity index (χ1n) is 8.24. The van der Waals surface area contributed by atoms with E-state index in [1.54, 1.807) is 32.5 Å². The molecule has 3 aromatic rings. The van der Waals surface area contributed by atoms with E-state index in [0.717, 1.165) is 0 Å². The molecule has 0 atom stereocenters.